The van der Waals surface area contributed by atoms with E-state index in [0.717, 1.165) is 6.26 Å². The van der Waals surface area contributed by atoms with Crippen molar-refractivity contribution in [1.29, 1.82) is 5.26 Å². The van der Waals surface area contributed by atoms with E-state index in [-0.39, 0.29) is 28.4 Å². The third kappa shape index (κ3) is 4.22. The van der Waals surface area contributed by atoms with Gasteiger partial charge in [-0.2, -0.15) is 10.4 Å². The van der Waals surface area contributed by atoms with Gasteiger partial charge in [-0.3, -0.25) is 4.79 Å². The van der Waals surface area contributed by atoms with Crippen LogP contribution in [0.5, 0.6) is 0 Å². The molecule has 4 aromatic rings. The second-order valence-corrected chi connectivity index (χ2v) is 9.22. The van der Waals surface area contributed by atoms with Crippen molar-refractivity contribution in [3.05, 3.63) is 89.4 Å². The first kappa shape index (κ1) is 21.2. The zero-order chi connectivity index (χ0) is 22.9. The van der Waals surface area contributed by atoms with Gasteiger partial charge < -0.3 is 5.32 Å². The van der Waals surface area contributed by atoms with E-state index in [1.165, 1.54) is 41.2 Å². The fourth-order valence-electron chi connectivity index (χ4n) is 3.33. The minimum atomic E-state index is -3.36. The molecule has 0 aliphatic heterocycles. The quantitative estimate of drug-likeness (QED) is 0.504. The summed E-state index contributed by atoms with van der Waals surface area (Å²) in [7, 11) is -3.36. The van der Waals surface area contributed by atoms with E-state index >= 15 is 0 Å². The molecule has 4 rings (SSSR count). The van der Waals surface area contributed by atoms with Gasteiger partial charge in [0.1, 0.15) is 5.82 Å². The van der Waals surface area contributed by atoms with Crippen molar-refractivity contribution in [3.63, 3.8) is 0 Å². The summed E-state index contributed by atoms with van der Waals surface area (Å²) in [4.78, 5) is 13.1. The molecule has 1 aromatic heterocycles. The van der Waals surface area contributed by atoms with E-state index in [2.05, 4.69) is 10.4 Å². The van der Waals surface area contributed by atoms with Gasteiger partial charge in [0.15, 0.2) is 9.84 Å². The molecule has 1 heterocycles. The lowest BCUT2D eigenvalue weighted by molar-refractivity contribution is 0.0952. The molecule has 0 atom stereocenters. The van der Waals surface area contributed by atoms with Crippen LogP contribution in [0.1, 0.15) is 21.5 Å². The molecule has 0 saturated carbocycles. The molecule has 32 heavy (non-hydrogen) atoms. The Labute approximate surface area is 183 Å². The largest absolute Gasteiger partial charge is 0.348 e. The highest BCUT2D eigenvalue weighted by Gasteiger charge is 2.17. The molecule has 0 aliphatic rings. The molecule has 0 saturated heterocycles. The van der Waals surface area contributed by atoms with E-state index < -0.39 is 15.7 Å². The number of benzene rings is 3. The summed E-state index contributed by atoms with van der Waals surface area (Å²) in [5.74, 6) is -0.821. The fraction of sp³-hybridized carbons (Fsp3) is 0.0870. The number of halogens is 1. The predicted octanol–water partition coefficient (Wildman–Crippen LogP) is 3.37. The lowest BCUT2D eigenvalue weighted by Crippen LogP contribution is -2.23. The van der Waals surface area contributed by atoms with Crippen molar-refractivity contribution >= 4 is 26.6 Å². The molecule has 0 radical (unpaired) electrons. The van der Waals surface area contributed by atoms with Crippen molar-refractivity contribution in [3.8, 4) is 11.8 Å². The highest BCUT2D eigenvalue weighted by atomic mass is 32.2. The first-order chi connectivity index (χ1) is 15.3. The summed E-state index contributed by atoms with van der Waals surface area (Å²) in [6, 6.07) is 17.1. The summed E-state index contributed by atoms with van der Waals surface area (Å²) in [5, 5.41) is 17.0. The number of rotatable bonds is 5. The Hall–Kier alpha value is -4.03. The standard InChI is InChI=1S/C23H17FN4O3S/c1-32(30,31)19-4-2-3-15(9-19)13-26-23(29)20-10-16(12-25)11-22-21(20)14-27-28(22)18-7-5-17(24)6-8-18/h2-11,14H,13H2,1H3,(H,26,29). The van der Waals surface area contributed by atoms with Gasteiger partial charge in [-0.25, -0.2) is 17.5 Å². The molecule has 0 unspecified atom stereocenters. The van der Waals surface area contributed by atoms with Crippen LogP contribution in [0, 0.1) is 17.1 Å². The highest BCUT2D eigenvalue weighted by molar-refractivity contribution is 7.90. The minimum Gasteiger partial charge on any atom is -0.348 e. The second-order valence-electron chi connectivity index (χ2n) is 7.20. The summed E-state index contributed by atoms with van der Waals surface area (Å²) >= 11 is 0. The Morgan fingerprint density at radius 2 is 1.91 bits per heavy atom. The topological polar surface area (TPSA) is 105 Å². The molecular weight excluding hydrogens is 431 g/mol. The number of hydrogen-bond donors (Lipinski definition) is 1. The average Bonchev–Trinajstić information content (AvgIpc) is 3.21. The highest BCUT2D eigenvalue weighted by Crippen LogP contribution is 2.24. The van der Waals surface area contributed by atoms with Crippen LogP contribution in [0.2, 0.25) is 0 Å². The van der Waals surface area contributed by atoms with E-state index in [1.54, 1.807) is 30.3 Å². The number of hydrogen-bond acceptors (Lipinski definition) is 5. The first-order valence-corrected chi connectivity index (χ1v) is 11.4. The van der Waals surface area contributed by atoms with Gasteiger partial charge in [0.05, 0.1) is 39.5 Å². The number of nitriles is 1. The zero-order valence-corrected chi connectivity index (χ0v) is 17.7. The molecule has 3 aromatic carbocycles. The number of sulfone groups is 1. The molecule has 7 nitrogen and oxygen atoms in total. The van der Waals surface area contributed by atoms with E-state index in [9.17, 15) is 22.9 Å². The van der Waals surface area contributed by atoms with Crippen LogP contribution in [0.3, 0.4) is 0 Å². The van der Waals surface area contributed by atoms with Crippen LogP contribution in [0.15, 0.2) is 71.8 Å². The third-order valence-electron chi connectivity index (χ3n) is 4.91. The van der Waals surface area contributed by atoms with Crippen LogP contribution in [-0.4, -0.2) is 30.4 Å². The van der Waals surface area contributed by atoms with Crippen molar-refractivity contribution in [2.45, 2.75) is 11.4 Å². The summed E-state index contributed by atoms with van der Waals surface area (Å²) in [6.07, 6.45) is 2.63. The van der Waals surface area contributed by atoms with Gasteiger partial charge in [-0.15, -0.1) is 0 Å². The molecule has 160 valence electrons. The Morgan fingerprint density at radius 1 is 1.16 bits per heavy atom. The summed E-state index contributed by atoms with van der Waals surface area (Å²) < 4.78 is 38.3. The number of carbonyl (C=O) groups excluding carboxylic acids is 1. The molecule has 9 heteroatoms. The number of amides is 1. The van der Waals surface area contributed by atoms with Crippen molar-refractivity contribution in [2.24, 2.45) is 0 Å². The van der Waals surface area contributed by atoms with Gasteiger partial charge in [-0.05, 0) is 54.1 Å². The van der Waals surface area contributed by atoms with Crippen LogP contribution in [0.25, 0.3) is 16.6 Å². The van der Waals surface area contributed by atoms with Crippen LogP contribution >= 0.6 is 0 Å². The minimum absolute atomic E-state index is 0.104. The van der Waals surface area contributed by atoms with E-state index in [4.69, 9.17) is 0 Å². The number of aromatic nitrogens is 2. The van der Waals surface area contributed by atoms with Crippen LogP contribution < -0.4 is 5.32 Å². The Morgan fingerprint density at radius 3 is 2.59 bits per heavy atom. The van der Waals surface area contributed by atoms with Crippen molar-refractivity contribution < 1.29 is 17.6 Å². The molecule has 1 amide bonds. The molecular formula is C23H17FN4O3S. The first-order valence-electron chi connectivity index (χ1n) is 9.51. The van der Waals surface area contributed by atoms with Crippen molar-refractivity contribution in [1.82, 2.24) is 15.1 Å². The average molecular weight is 448 g/mol. The molecule has 0 aliphatic carbocycles. The Kier molecular flexibility index (Phi) is 5.47. The van der Waals surface area contributed by atoms with Gasteiger partial charge in [0.25, 0.3) is 5.91 Å². The lowest BCUT2D eigenvalue weighted by Gasteiger charge is -2.09. The number of nitrogens with one attached hydrogen (secondary N) is 1. The van der Waals surface area contributed by atoms with Crippen molar-refractivity contribution in [2.75, 3.05) is 6.26 Å². The molecule has 0 bridgehead atoms. The summed E-state index contributed by atoms with van der Waals surface area (Å²) in [6.45, 7) is 0.104. The predicted molar refractivity (Wildman–Crippen MR) is 116 cm³/mol. The number of fused-ring (bicyclic) bond motifs is 1. The smallest absolute Gasteiger partial charge is 0.252 e. The monoisotopic (exact) mass is 448 g/mol. The van der Waals surface area contributed by atoms with Gasteiger partial charge in [0, 0.05) is 18.2 Å². The van der Waals surface area contributed by atoms with E-state index in [0.29, 0.717) is 22.2 Å². The second kappa shape index (κ2) is 8.24. The van der Waals surface area contributed by atoms with Crippen LogP contribution in [0.4, 0.5) is 4.39 Å². The molecule has 0 spiro atoms. The van der Waals surface area contributed by atoms with Gasteiger partial charge in [-0.1, -0.05) is 12.1 Å². The number of carbonyl (C=O) groups is 1. The Balaban J connectivity index is 1.67. The van der Waals surface area contributed by atoms with Gasteiger partial charge >= 0.3 is 0 Å². The normalized spacial score (nSPS) is 11.3. The van der Waals surface area contributed by atoms with Crippen LogP contribution in [-0.2, 0) is 16.4 Å². The SMILES string of the molecule is CS(=O)(=O)c1cccc(CNC(=O)c2cc(C#N)cc3c2cnn3-c2ccc(F)cc2)c1. The fourth-order valence-corrected chi connectivity index (χ4v) is 4.02. The van der Waals surface area contributed by atoms with E-state index in [1.807, 2.05) is 6.07 Å². The van der Waals surface area contributed by atoms with Gasteiger partial charge in [0.2, 0.25) is 0 Å². The zero-order valence-electron chi connectivity index (χ0n) is 16.9. The Bertz CT molecular complexity index is 1490. The molecule has 0 fully saturated rings. The number of nitrogens with zero attached hydrogens (tertiary/aromatic N) is 3. The maximum absolute atomic E-state index is 13.3. The maximum atomic E-state index is 13.3. The maximum Gasteiger partial charge on any atom is 0.252 e. The lowest BCUT2D eigenvalue weighted by atomic mass is 10.1. The molecule has 1 N–H and O–H groups in total. The summed E-state index contributed by atoms with van der Waals surface area (Å²) in [5.41, 5.74) is 2.26. The third-order valence-corrected chi connectivity index (χ3v) is 6.02.